The number of ether oxygens (including phenoxy) is 2. The Labute approximate surface area is 161 Å². The fraction of sp³-hybridized carbons (Fsp3) is 0.526. The van der Waals surface area contributed by atoms with E-state index in [0.717, 1.165) is 17.4 Å². The Balaban J connectivity index is 1.98. The molecule has 0 spiro atoms. The molecule has 3 heterocycles. The van der Waals surface area contributed by atoms with Crippen molar-refractivity contribution in [3.63, 3.8) is 0 Å². The number of nitrogens with zero attached hydrogens (tertiary/aromatic N) is 2. The Hall–Kier alpha value is -2.19. The van der Waals surface area contributed by atoms with Crippen LogP contribution < -0.4 is 11.2 Å². The average Bonchev–Trinajstić information content (AvgIpc) is 3.24. The fourth-order valence-electron chi connectivity index (χ4n) is 3.02. The summed E-state index contributed by atoms with van der Waals surface area (Å²) in [4.78, 5) is 38.3. The summed E-state index contributed by atoms with van der Waals surface area (Å²) in [6.07, 6.45) is 2.82. The Morgan fingerprint density at radius 1 is 1.37 bits per heavy atom. The molecule has 3 rings (SSSR count). The van der Waals surface area contributed by atoms with E-state index in [1.807, 2.05) is 0 Å². The maximum atomic E-state index is 12.9. The molecule has 1 atom stereocenters. The minimum Gasteiger partial charge on any atom is -0.456 e. The maximum Gasteiger partial charge on any atom is 0.349 e. The molecule has 0 radical (unpaired) electrons. The quantitative estimate of drug-likeness (QED) is 0.748. The van der Waals surface area contributed by atoms with E-state index < -0.39 is 17.3 Å². The molecule has 27 heavy (non-hydrogen) atoms. The molecule has 1 aliphatic rings. The number of hydrogen-bond acceptors (Lipinski definition) is 6. The van der Waals surface area contributed by atoms with E-state index in [2.05, 4.69) is 0 Å². The molecule has 0 saturated carbocycles. The minimum atomic E-state index is -0.620. The molecule has 1 unspecified atom stereocenters. The van der Waals surface area contributed by atoms with Gasteiger partial charge in [0.2, 0.25) is 0 Å². The number of aromatic nitrogens is 2. The van der Waals surface area contributed by atoms with Crippen LogP contribution in [0.3, 0.4) is 0 Å². The van der Waals surface area contributed by atoms with Crippen molar-refractivity contribution in [2.75, 3.05) is 6.61 Å². The molecular weight excluding hydrogens is 368 g/mol. The van der Waals surface area contributed by atoms with Gasteiger partial charge in [0.05, 0.1) is 6.54 Å². The van der Waals surface area contributed by atoms with Crippen LogP contribution >= 0.6 is 11.3 Å². The lowest BCUT2D eigenvalue weighted by atomic mass is 10.2. The van der Waals surface area contributed by atoms with Crippen molar-refractivity contribution in [2.24, 2.45) is 0 Å². The van der Waals surface area contributed by atoms with Crippen molar-refractivity contribution in [3.8, 4) is 0 Å². The Bertz CT molecular complexity index is 958. The molecule has 8 heteroatoms. The smallest absolute Gasteiger partial charge is 0.349 e. The van der Waals surface area contributed by atoms with E-state index >= 15 is 0 Å². The highest BCUT2D eigenvalue weighted by atomic mass is 32.1. The predicted octanol–water partition coefficient (Wildman–Crippen LogP) is 2.69. The average molecular weight is 392 g/mol. The highest BCUT2D eigenvalue weighted by molar-refractivity contribution is 7.12. The van der Waals surface area contributed by atoms with Crippen molar-refractivity contribution in [1.29, 1.82) is 0 Å². The zero-order valence-corrected chi connectivity index (χ0v) is 16.8. The van der Waals surface area contributed by atoms with E-state index in [1.165, 1.54) is 15.9 Å². The molecule has 0 amide bonds. The van der Waals surface area contributed by atoms with Crippen molar-refractivity contribution in [1.82, 2.24) is 9.13 Å². The maximum absolute atomic E-state index is 12.9. The summed E-state index contributed by atoms with van der Waals surface area (Å²) in [5.74, 6) is -0.451. The van der Waals surface area contributed by atoms with Gasteiger partial charge in [-0.3, -0.25) is 13.9 Å². The van der Waals surface area contributed by atoms with Crippen LogP contribution in [0.1, 0.15) is 60.6 Å². The first kappa shape index (κ1) is 19.6. The van der Waals surface area contributed by atoms with E-state index in [9.17, 15) is 14.4 Å². The summed E-state index contributed by atoms with van der Waals surface area (Å²) < 4.78 is 13.7. The molecule has 2 aromatic heterocycles. The van der Waals surface area contributed by atoms with Gasteiger partial charge in [-0.1, -0.05) is 0 Å². The van der Waals surface area contributed by atoms with Gasteiger partial charge in [0.15, 0.2) is 0 Å². The molecular formula is C19H24N2O5S. The van der Waals surface area contributed by atoms with Crippen molar-refractivity contribution in [3.05, 3.63) is 54.5 Å². The van der Waals surface area contributed by atoms with Crippen LogP contribution in [0.25, 0.3) is 0 Å². The number of aryl methyl sites for hydroxylation is 1. The lowest BCUT2D eigenvalue weighted by Gasteiger charge is -2.19. The molecule has 7 nitrogen and oxygen atoms in total. The number of carbonyl (C=O) groups is 1. The van der Waals surface area contributed by atoms with E-state index in [0.29, 0.717) is 22.6 Å². The lowest BCUT2D eigenvalue weighted by molar-refractivity contribution is 0.00739. The standard InChI is InChI=1S/C19H24N2O5S/c1-12-10-20(14-6-5-8-25-14)18(24)21(16(12)22)11-13-7-9-27-15(13)17(23)26-19(2,3)4/h7,9-10,14H,5-6,8,11H2,1-4H3. The van der Waals surface area contributed by atoms with E-state index in [4.69, 9.17) is 9.47 Å². The molecule has 0 N–H and O–H groups in total. The molecule has 2 aromatic rings. The Morgan fingerprint density at radius 3 is 2.74 bits per heavy atom. The number of rotatable bonds is 4. The number of esters is 1. The predicted molar refractivity (Wildman–Crippen MR) is 103 cm³/mol. The highest BCUT2D eigenvalue weighted by Crippen LogP contribution is 2.23. The van der Waals surface area contributed by atoms with E-state index in [1.54, 1.807) is 45.3 Å². The van der Waals surface area contributed by atoms with Crippen molar-refractivity contribution < 1.29 is 14.3 Å². The molecule has 0 aromatic carbocycles. The summed E-state index contributed by atoms with van der Waals surface area (Å²) >= 11 is 1.24. The monoisotopic (exact) mass is 392 g/mol. The summed E-state index contributed by atoms with van der Waals surface area (Å²) in [7, 11) is 0. The second-order valence-electron chi connectivity index (χ2n) is 7.64. The van der Waals surface area contributed by atoms with Crippen LogP contribution in [0.4, 0.5) is 0 Å². The summed E-state index contributed by atoms with van der Waals surface area (Å²) in [6.45, 7) is 7.68. The third kappa shape index (κ3) is 4.22. The van der Waals surface area contributed by atoms with Gasteiger partial charge in [0, 0.05) is 18.4 Å². The first-order valence-electron chi connectivity index (χ1n) is 8.91. The molecule has 1 saturated heterocycles. The number of thiophene rings is 1. The van der Waals surface area contributed by atoms with Gasteiger partial charge in [-0.15, -0.1) is 11.3 Å². The van der Waals surface area contributed by atoms with Crippen LogP contribution in [-0.4, -0.2) is 27.3 Å². The third-order valence-electron chi connectivity index (χ3n) is 4.24. The van der Waals surface area contributed by atoms with Gasteiger partial charge < -0.3 is 9.47 Å². The van der Waals surface area contributed by atoms with Gasteiger partial charge >= 0.3 is 11.7 Å². The number of carbonyl (C=O) groups excluding carboxylic acids is 1. The molecule has 0 bridgehead atoms. The van der Waals surface area contributed by atoms with Crippen molar-refractivity contribution in [2.45, 2.75) is 58.9 Å². The molecule has 146 valence electrons. The lowest BCUT2D eigenvalue weighted by Crippen LogP contribution is -2.42. The van der Waals surface area contributed by atoms with Crippen LogP contribution in [0, 0.1) is 6.92 Å². The third-order valence-corrected chi connectivity index (χ3v) is 5.18. The molecule has 1 aliphatic heterocycles. The summed E-state index contributed by atoms with van der Waals surface area (Å²) in [5.41, 5.74) is -0.364. The highest BCUT2D eigenvalue weighted by Gasteiger charge is 2.24. The second kappa shape index (κ2) is 7.44. The fourth-order valence-corrected chi connectivity index (χ4v) is 3.81. The van der Waals surface area contributed by atoms with Crippen LogP contribution in [0.15, 0.2) is 27.2 Å². The minimum absolute atomic E-state index is 0.0180. The van der Waals surface area contributed by atoms with E-state index in [-0.39, 0.29) is 18.3 Å². The van der Waals surface area contributed by atoms with Gasteiger partial charge in [-0.2, -0.15) is 0 Å². The Morgan fingerprint density at radius 2 is 2.11 bits per heavy atom. The second-order valence-corrected chi connectivity index (χ2v) is 8.55. The van der Waals surface area contributed by atoms with Gasteiger partial charge in [-0.25, -0.2) is 9.59 Å². The Kier molecular flexibility index (Phi) is 5.39. The van der Waals surface area contributed by atoms with Crippen LogP contribution in [0.5, 0.6) is 0 Å². The normalized spacial score (nSPS) is 17.3. The zero-order chi connectivity index (χ0) is 19.8. The zero-order valence-electron chi connectivity index (χ0n) is 16.0. The van der Waals surface area contributed by atoms with Crippen molar-refractivity contribution >= 4 is 17.3 Å². The first-order valence-corrected chi connectivity index (χ1v) is 9.79. The SMILES string of the molecule is Cc1cn(C2CCCO2)c(=O)n(Cc2ccsc2C(=O)OC(C)(C)C)c1=O. The van der Waals surface area contributed by atoms with Gasteiger partial charge in [0.1, 0.15) is 16.7 Å². The summed E-state index contributed by atoms with van der Waals surface area (Å²) in [5, 5.41) is 1.76. The van der Waals surface area contributed by atoms with Gasteiger partial charge in [-0.05, 0) is 57.5 Å². The first-order chi connectivity index (χ1) is 12.7. The van der Waals surface area contributed by atoms with Gasteiger partial charge in [0.25, 0.3) is 5.56 Å². The molecule has 1 fully saturated rings. The van der Waals surface area contributed by atoms with Crippen LogP contribution in [-0.2, 0) is 16.0 Å². The van der Waals surface area contributed by atoms with Crippen LogP contribution in [0.2, 0.25) is 0 Å². The largest absolute Gasteiger partial charge is 0.456 e. The molecule has 0 aliphatic carbocycles. The number of hydrogen-bond donors (Lipinski definition) is 0. The topological polar surface area (TPSA) is 79.5 Å². The summed E-state index contributed by atoms with van der Waals surface area (Å²) in [6, 6.07) is 1.74.